The summed E-state index contributed by atoms with van der Waals surface area (Å²) in [7, 11) is 0. The average molecular weight is 315 g/mol. The molecule has 1 aromatic carbocycles. The molecule has 1 saturated heterocycles. The minimum Gasteiger partial charge on any atom is -0.348 e. The highest BCUT2D eigenvalue weighted by Gasteiger charge is 2.25. The zero-order valence-electron chi connectivity index (χ0n) is 12.9. The zero-order valence-corrected chi connectivity index (χ0v) is 13.7. The van der Waals surface area contributed by atoms with E-state index in [0.29, 0.717) is 5.92 Å². The summed E-state index contributed by atoms with van der Waals surface area (Å²) in [6, 6.07) is 10.3. The van der Waals surface area contributed by atoms with Crippen molar-refractivity contribution in [3.8, 4) is 10.6 Å². The van der Waals surface area contributed by atoms with Crippen LogP contribution in [0.3, 0.4) is 0 Å². The molecule has 0 spiro atoms. The van der Waals surface area contributed by atoms with E-state index in [9.17, 15) is 4.79 Å². The molecule has 1 aromatic heterocycles. The number of piperidine rings is 1. The van der Waals surface area contributed by atoms with Gasteiger partial charge in [0.05, 0.1) is 5.69 Å². The Bertz CT molecular complexity index is 653. The van der Waals surface area contributed by atoms with Crippen LogP contribution >= 0.6 is 11.3 Å². The molecule has 2 unspecified atom stereocenters. The maximum absolute atomic E-state index is 12.6. The lowest BCUT2D eigenvalue weighted by atomic mass is 9.95. The van der Waals surface area contributed by atoms with Gasteiger partial charge in [0.25, 0.3) is 5.91 Å². The number of aryl methyl sites for hydroxylation is 1. The molecular weight excluding hydrogens is 294 g/mol. The van der Waals surface area contributed by atoms with Gasteiger partial charge in [-0.05, 0) is 32.4 Å². The van der Waals surface area contributed by atoms with E-state index < -0.39 is 0 Å². The third-order valence-corrected chi connectivity index (χ3v) is 5.33. The molecule has 1 aliphatic heterocycles. The van der Waals surface area contributed by atoms with E-state index in [-0.39, 0.29) is 11.9 Å². The number of amides is 1. The van der Waals surface area contributed by atoms with Crippen LogP contribution in [0.1, 0.15) is 28.7 Å². The molecular formula is C17H21N3OS. The molecule has 116 valence electrons. The summed E-state index contributed by atoms with van der Waals surface area (Å²) in [4.78, 5) is 17.8. The smallest absolute Gasteiger partial charge is 0.263 e. The second kappa shape index (κ2) is 6.58. The van der Waals surface area contributed by atoms with Crippen LogP contribution in [0.2, 0.25) is 0 Å². The highest BCUT2D eigenvalue weighted by Crippen LogP contribution is 2.28. The van der Waals surface area contributed by atoms with Gasteiger partial charge < -0.3 is 10.6 Å². The van der Waals surface area contributed by atoms with Gasteiger partial charge in [-0.25, -0.2) is 4.98 Å². The molecule has 5 heteroatoms. The van der Waals surface area contributed by atoms with Gasteiger partial charge in [0.2, 0.25) is 0 Å². The maximum Gasteiger partial charge on any atom is 0.263 e. The van der Waals surface area contributed by atoms with Crippen LogP contribution in [0.4, 0.5) is 0 Å². The van der Waals surface area contributed by atoms with Crippen LogP contribution in [0.5, 0.6) is 0 Å². The standard InChI is InChI=1S/C17H21N3OS/c1-11-10-18-9-8-14(11)20-16(21)15-12(2)19-17(22-15)13-6-4-3-5-7-13/h3-7,11,14,18H,8-10H2,1-2H3,(H,20,21). The van der Waals surface area contributed by atoms with Crippen molar-refractivity contribution < 1.29 is 4.79 Å². The minimum atomic E-state index is 0.0101. The van der Waals surface area contributed by atoms with Crippen molar-refractivity contribution >= 4 is 17.2 Å². The third-order valence-electron chi connectivity index (χ3n) is 4.13. The largest absolute Gasteiger partial charge is 0.348 e. The number of hydrogen-bond donors (Lipinski definition) is 2. The zero-order chi connectivity index (χ0) is 15.5. The normalized spacial score (nSPS) is 21.5. The fraction of sp³-hybridized carbons (Fsp3) is 0.412. The highest BCUT2D eigenvalue weighted by molar-refractivity contribution is 7.17. The van der Waals surface area contributed by atoms with Crippen molar-refractivity contribution in [3.63, 3.8) is 0 Å². The predicted molar refractivity (Wildman–Crippen MR) is 90.2 cm³/mol. The van der Waals surface area contributed by atoms with Gasteiger partial charge >= 0.3 is 0 Å². The summed E-state index contributed by atoms with van der Waals surface area (Å²) < 4.78 is 0. The molecule has 2 N–H and O–H groups in total. The summed E-state index contributed by atoms with van der Waals surface area (Å²) in [6.45, 7) is 6.00. The lowest BCUT2D eigenvalue weighted by Crippen LogP contribution is -2.48. The first-order chi connectivity index (χ1) is 10.6. The van der Waals surface area contributed by atoms with Gasteiger partial charge in [-0.1, -0.05) is 37.3 Å². The highest BCUT2D eigenvalue weighted by atomic mass is 32.1. The molecule has 2 heterocycles. The Kier molecular flexibility index (Phi) is 4.55. The van der Waals surface area contributed by atoms with Gasteiger partial charge in [0.1, 0.15) is 9.88 Å². The Balaban J connectivity index is 1.77. The lowest BCUT2D eigenvalue weighted by Gasteiger charge is -2.30. The summed E-state index contributed by atoms with van der Waals surface area (Å²) in [5.41, 5.74) is 1.87. The molecule has 0 saturated carbocycles. The maximum atomic E-state index is 12.6. The molecule has 4 nitrogen and oxygen atoms in total. The molecule has 1 fully saturated rings. The SMILES string of the molecule is Cc1nc(-c2ccccc2)sc1C(=O)NC1CCNCC1C. The number of nitrogens with one attached hydrogen (secondary N) is 2. The Hall–Kier alpha value is -1.72. The number of nitrogens with zero attached hydrogens (tertiary/aromatic N) is 1. The van der Waals surface area contributed by atoms with Crippen LogP contribution in [-0.4, -0.2) is 30.0 Å². The van der Waals surface area contributed by atoms with Gasteiger partial charge in [0, 0.05) is 11.6 Å². The fourth-order valence-corrected chi connectivity index (χ4v) is 3.75. The Morgan fingerprint density at radius 1 is 1.36 bits per heavy atom. The van der Waals surface area contributed by atoms with Crippen LogP contribution in [0.25, 0.3) is 10.6 Å². The third kappa shape index (κ3) is 3.20. The van der Waals surface area contributed by atoms with Crippen molar-refractivity contribution in [2.75, 3.05) is 13.1 Å². The first-order valence-electron chi connectivity index (χ1n) is 7.69. The number of carbonyl (C=O) groups is 1. The van der Waals surface area contributed by atoms with Crippen LogP contribution in [-0.2, 0) is 0 Å². The molecule has 2 atom stereocenters. The van der Waals surface area contributed by atoms with Gasteiger partial charge in [-0.3, -0.25) is 4.79 Å². The first-order valence-corrected chi connectivity index (χ1v) is 8.51. The summed E-state index contributed by atoms with van der Waals surface area (Å²) in [5.74, 6) is 0.468. The molecule has 1 amide bonds. The number of hydrogen-bond acceptors (Lipinski definition) is 4. The number of aromatic nitrogens is 1. The molecule has 0 aliphatic carbocycles. The van der Waals surface area contributed by atoms with E-state index >= 15 is 0 Å². The van der Waals surface area contributed by atoms with E-state index in [0.717, 1.165) is 40.7 Å². The van der Waals surface area contributed by atoms with E-state index in [1.54, 1.807) is 0 Å². The number of benzene rings is 1. The Morgan fingerprint density at radius 3 is 2.86 bits per heavy atom. The molecule has 3 rings (SSSR count). The number of carbonyl (C=O) groups excluding carboxylic acids is 1. The summed E-state index contributed by atoms with van der Waals surface area (Å²) >= 11 is 1.47. The average Bonchev–Trinajstić information content (AvgIpc) is 2.92. The van der Waals surface area contributed by atoms with Crippen LogP contribution < -0.4 is 10.6 Å². The first kappa shape index (κ1) is 15.2. The predicted octanol–water partition coefficient (Wildman–Crippen LogP) is 2.85. The Labute approximate surface area is 135 Å². The minimum absolute atomic E-state index is 0.0101. The van der Waals surface area contributed by atoms with E-state index in [1.807, 2.05) is 37.3 Å². The fourth-order valence-electron chi connectivity index (χ4n) is 2.77. The summed E-state index contributed by atoms with van der Waals surface area (Å²) in [5, 5.41) is 7.44. The topological polar surface area (TPSA) is 54.0 Å². The van der Waals surface area contributed by atoms with E-state index in [1.165, 1.54) is 11.3 Å². The van der Waals surface area contributed by atoms with Crippen LogP contribution in [0.15, 0.2) is 30.3 Å². The van der Waals surface area contributed by atoms with Crippen molar-refractivity contribution in [2.24, 2.45) is 5.92 Å². The summed E-state index contributed by atoms with van der Waals surface area (Å²) in [6.07, 6.45) is 0.982. The van der Waals surface area contributed by atoms with E-state index in [2.05, 4.69) is 22.5 Å². The van der Waals surface area contributed by atoms with E-state index in [4.69, 9.17) is 0 Å². The second-order valence-electron chi connectivity index (χ2n) is 5.85. The van der Waals surface area contributed by atoms with Crippen LogP contribution in [0, 0.1) is 12.8 Å². The second-order valence-corrected chi connectivity index (χ2v) is 6.85. The molecule has 2 aromatic rings. The quantitative estimate of drug-likeness (QED) is 0.916. The van der Waals surface area contributed by atoms with Gasteiger partial charge in [-0.2, -0.15) is 0 Å². The van der Waals surface area contributed by atoms with Gasteiger partial charge in [-0.15, -0.1) is 11.3 Å². The van der Waals surface area contributed by atoms with Crippen molar-refractivity contribution in [3.05, 3.63) is 40.9 Å². The molecule has 1 aliphatic rings. The monoisotopic (exact) mass is 315 g/mol. The molecule has 0 bridgehead atoms. The lowest BCUT2D eigenvalue weighted by molar-refractivity contribution is 0.0917. The number of rotatable bonds is 3. The van der Waals surface area contributed by atoms with Crippen molar-refractivity contribution in [2.45, 2.75) is 26.3 Å². The Morgan fingerprint density at radius 2 is 2.14 bits per heavy atom. The molecule has 0 radical (unpaired) electrons. The van der Waals surface area contributed by atoms with Crippen molar-refractivity contribution in [1.82, 2.24) is 15.6 Å². The number of thiazole rings is 1. The molecule has 22 heavy (non-hydrogen) atoms. The van der Waals surface area contributed by atoms with Gasteiger partial charge in [0.15, 0.2) is 0 Å². The van der Waals surface area contributed by atoms with Crippen molar-refractivity contribution in [1.29, 1.82) is 0 Å².